The van der Waals surface area contributed by atoms with E-state index in [4.69, 9.17) is 5.11 Å². The SMILES string of the molecule is C=CCCCNCC(C)(O)CO. The Labute approximate surface area is 74.1 Å². The predicted molar refractivity (Wildman–Crippen MR) is 50.0 cm³/mol. The molecule has 72 valence electrons. The minimum atomic E-state index is -0.992. The summed E-state index contributed by atoms with van der Waals surface area (Å²) in [6, 6.07) is 0. The van der Waals surface area contributed by atoms with Gasteiger partial charge < -0.3 is 15.5 Å². The molecule has 0 radical (unpaired) electrons. The highest BCUT2D eigenvalue weighted by Crippen LogP contribution is 1.98. The van der Waals surface area contributed by atoms with E-state index < -0.39 is 5.60 Å². The quantitative estimate of drug-likeness (QED) is 0.383. The van der Waals surface area contributed by atoms with E-state index in [-0.39, 0.29) is 6.61 Å². The standard InChI is InChI=1S/C9H19NO2/c1-3-4-5-6-10-7-9(2,12)8-11/h3,10-12H,1,4-8H2,2H3. The van der Waals surface area contributed by atoms with Gasteiger partial charge in [0.25, 0.3) is 0 Å². The highest BCUT2D eigenvalue weighted by atomic mass is 16.3. The van der Waals surface area contributed by atoms with Gasteiger partial charge in [-0.15, -0.1) is 6.58 Å². The van der Waals surface area contributed by atoms with E-state index in [0.29, 0.717) is 6.54 Å². The van der Waals surface area contributed by atoms with E-state index in [9.17, 15) is 5.11 Å². The average Bonchev–Trinajstić information content (AvgIpc) is 2.04. The molecule has 0 aromatic carbocycles. The van der Waals surface area contributed by atoms with Gasteiger partial charge in [-0.1, -0.05) is 6.08 Å². The summed E-state index contributed by atoms with van der Waals surface area (Å²) in [5.74, 6) is 0. The molecule has 0 saturated carbocycles. The fourth-order valence-electron chi connectivity index (χ4n) is 0.785. The van der Waals surface area contributed by atoms with Gasteiger partial charge in [0.15, 0.2) is 0 Å². The molecule has 0 amide bonds. The van der Waals surface area contributed by atoms with Gasteiger partial charge in [0.1, 0.15) is 0 Å². The van der Waals surface area contributed by atoms with Crippen molar-refractivity contribution in [1.82, 2.24) is 5.32 Å². The van der Waals surface area contributed by atoms with Crippen LogP contribution in [0.5, 0.6) is 0 Å². The Morgan fingerprint density at radius 2 is 2.25 bits per heavy atom. The number of aliphatic hydroxyl groups is 2. The first-order valence-electron chi connectivity index (χ1n) is 4.27. The summed E-state index contributed by atoms with van der Waals surface area (Å²) in [6.07, 6.45) is 3.87. The number of allylic oxidation sites excluding steroid dienone is 1. The zero-order valence-electron chi connectivity index (χ0n) is 7.71. The van der Waals surface area contributed by atoms with E-state index >= 15 is 0 Å². The average molecular weight is 173 g/mol. The second kappa shape index (κ2) is 6.17. The molecule has 3 nitrogen and oxygen atoms in total. The topological polar surface area (TPSA) is 52.5 Å². The van der Waals surface area contributed by atoms with E-state index in [0.717, 1.165) is 19.4 Å². The molecule has 0 rings (SSSR count). The van der Waals surface area contributed by atoms with Gasteiger partial charge in [-0.25, -0.2) is 0 Å². The normalized spacial score (nSPS) is 15.6. The third kappa shape index (κ3) is 6.34. The predicted octanol–water partition coefficient (Wildman–Crippen LogP) is 0.285. The third-order valence-corrected chi connectivity index (χ3v) is 1.61. The van der Waals surface area contributed by atoms with Gasteiger partial charge >= 0.3 is 0 Å². The first kappa shape index (κ1) is 11.6. The molecule has 0 spiro atoms. The van der Waals surface area contributed by atoms with Gasteiger partial charge in [-0.2, -0.15) is 0 Å². The Bertz CT molecular complexity index is 124. The third-order valence-electron chi connectivity index (χ3n) is 1.61. The lowest BCUT2D eigenvalue weighted by Crippen LogP contribution is -2.41. The summed E-state index contributed by atoms with van der Waals surface area (Å²) in [6.45, 7) is 6.28. The van der Waals surface area contributed by atoms with E-state index in [1.165, 1.54) is 0 Å². The number of hydrogen-bond donors (Lipinski definition) is 3. The number of aliphatic hydroxyl groups excluding tert-OH is 1. The lowest BCUT2D eigenvalue weighted by molar-refractivity contribution is 0.00290. The lowest BCUT2D eigenvalue weighted by atomic mass is 10.1. The number of unbranched alkanes of at least 4 members (excludes halogenated alkanes) is 1. The molecule has 0 aliphatic heterocycles. The molecule has 0 aromatic rings. The minimum Gasteiger partial charge on any atom is -0.393 e. The van der Waals surface area contributed by atoms with Crippen molar-refractivity contribution in [3.63, 3.8) is 0 Å². The van der Waals surface area contributed by atoms with Crippen molar-refractivity contribution in [1.29, 1.82) is 0 Å². The van der Waals surface area contributed by atoms with Crippen molar-refractivity contribution >= 4 is 0 Å². The molecule has 0 bridgehead atoms. The van der Waals surface area contributed by atoms with Crippen LogP contribution >= 0.6 is 0 Å². The Morgan fingerprint density at radius 1 is 1.58 bits per heavy atom. The van der Waals surface area contributed by atoms with Crippen molar-refractivity contribution < 1.29 is 10.2 Å². The van der Waals surface area contributed by atoms with Crippen LogP contribution in [0.4, 0.5) is 0 Å². The fourth-order valence-corrected chi connectivity index (χ4v) is 0.785. The Hall–Kier alpha value is -0.380. The summed E-state index contributed by atoms with van der Waals surface area (Å²) in [5.41, 5.74) is -0.992. The van der Waals surface area contributed by atoms with Crippen molar-refractivity contribution in [3.8, 4) is 0 Å². The van der Waals surface area contributed by atoms with Crippen LogP contribution in [0, 0.1) is 0 Å². The van der Waals surface area contributed by atoms with Crippen molar-refractivity contribution in [2.75, 3.05) is 19.7 Å². The summed E-state index contributed by atoms with van der Waals surface area (Å²) >= 11 is 0. The molecule has 1 atom stereocenters. The molecule has 0 heterocycles. The molecule has 0 aromatic heterocycles. The van der Waals surface area contributed by atoms with Crippen LogP contribution in [0.2, 0.25) is 0 Å². The zero-order valence-corrected chi connectivity index (χ0v) is 7.71. The highest BCUT2D eigenvalue weighted by Gasteiger charge is 2.17. The number of hydrogen-bond acceptors (Lipinski definition) is 3. The van der Waals surface area contributed by atoms with Crippen LogP contribution < -0.4 is 5.32 Å². The first-order valence-corrected chi connectivity index (χ1v) is 4.27. The smallest absolute Gasteiger partial charge is 0.0972 e. The Balaban J connectivity index is 3.24. The number of rotatable bonds is 7. The summed E-state index contributed by atoms with van der Waals surface area (Å²) in [4.78, 5) is 0. The molecule has 0 saturated heterocycles. The van der Waals surface area contributed by atoms with Crippen LogP contribution in [0.1, 0.15) is 19.8 Å². The second-order valence-corrected chi connectivity index (χ2v) is 3.26. The van der Waals surface area contributed by atoms with Crippen LogP contribution in [-0.2, 0) is 0 Å². The van der Waals surface area contributed by atoms with Gasteiger partial charge in [-0.3, -0.25) is 0 Å². The molecular formula is C9H19NO2. The van der Waals surface area contributed by atoms with Crippen LogP contribution in [-0.4, -0.2) is 35.5 Å². The largest absolute Gasteiger partial charge is 0.393 e. The first-order chi connectivity index (χ1) is 5.62. The molecule has 3 N–H and O–H groups in total. The van der Waals surface area contributed by atoms with E-state index in [2.05, 4.69) is 11.9 Å². The van der Waals surface area contributed by atoms with Gasteiger partial charge in [-0.05, 0) is 26.3 Å². The van der Waals surface area contributed by atoms with Crippen molar-refractivity contribution in [2.45, 2.75) is 25.4 Å². The van der Waals surface area contributed by atoms with Gasteiger partial charge in [0, 0.05) is 6.54 Å². The Kier molecular flexibility index (Phi) is 5.98. The maximum Gasteiger partial charge on any atom is 0.0972 e. The Morgan fingerprint density at radius 3 is 2.75 bits per heavy atom. The van der Waals surface area contributed by atoms with Crippen molar-refractivity contribution in [2.24, 2.45) is 0 Å². The lowest BCUT2D eigenvalue weighted by Gasteiger charge is -2.20. The van der Waals surface area contributed by atoms with E-state index in [1.54, 1.807) is 6.92 Å². The molecule has 12 heavy (non-hydrogen) atoms. The van der Waals surface area contributed by atoms with Crippen LogP contribution in [0.3, 0.4) is 0 Å². The molecule has 0 fully saturated rings. The maximum absolute atomic E-state index is 9.35. The summed E-state index contributed by atoms with van der Waals surface area (Å²) in [7, 11) is 0. The molecule has 3 heteroatoms. The summed E-state index contributed by atoms with van der Waals surface area (Å²) < 4.78 is 0. The van der Waals surface area contributed by atoms with Gasteiger partial charge in [0.2, 0.25) is 0 Å². The van der Waals surface area contributed by atoms with Crippen molar-refractivity contribution in [3.05, 3.63) is 12.7 Å². The summed E-state index contributed by atoms with van der Waals surface area (Å²) in [5, 5.41) is 21.1. The van der Waals surface area contributed by atoms with Crippen LogP contribution in [0.25, 0.3) is 0 Å². The van der Waals surface area contributed by atoms with E-state index in [1.807, 2.05) is 6.08 Å². The highest BCUT2D eigenvalue weighted by molar-refractivity contribution is 4.74. The molecule has 0 aliphatic rings. The number of nitrogens with one attached hydrogen (secondary N) is 1. The zero-order chi connectivity index (χ0) is 9.45. The molecule has 1 unspecified atom stereocenters. The molecular weight excluding hydrogens is 154 g/mol. The minimum absolute atomic E-state index is 0.207. The fraction of sp³-hybridized carbons (Fsp3) is 0.778. The van der Waals surface area contributed by atoms with Crippen LogP contribution in [0.15, 0.2) is 12.7 Å². The second-order valence-electron chi connectivity index (χ2n) is 3.26. The maximum atomic E-state index is 9.35. The monoisotopic (exact) mass is 173 g/mol. The molecule has 0 aliphatic carbocycles. The van der Waals surface area contributed by atoms with Gasteiger partial charge in [0.05, 0.1) is 12.2 Å².